The molecule has 1 aromatic heterocycles. The van der Waals surface area contributed by atoms with Crippen molar-refractivity contribution in [3.05, 3.63) is 22.6 Å². The van der Waals surface area contributed by atoms with Gasteiger partial charge in [0.1, 0.15) is 0 Å². The highest BCUT2D eigenvalue weighted by molar-refractivity contribution is 5.43. The minimum absolute atomic E-state index is 0.00512. The van der Waals surface area contributed by atoms with E-state index in [1.807, 2.05) is 6.20 Å². The van der Waals surface area contributed by atoms with Gasteiger partial charge in [-0.3, -0.25) is 4.79 Å². The van der Waals surface area contributed by atoms with Crippen molar-refractivity contribution in [2.45, 2.75) is 51.6 Å². The lowest BCUT2D eigenvalue weighted by molar-refractivity contribution is 0.487. The van der Waals surface area contributed by atoms with Crippen LogP contribution in [0.3, 0.4) is 0 Å². The zero-order valence-electron chi connectivity index (χ0n) is 11.7. The first-order valence-electron chi connectivity index (χ1n) is 7.28. The van der Waals surface area contributed by atoms with Crippen LogP contribution in [0.1, 0.15) is 39.0 Å². The molecule has 0 spiro atoms. The number of anilines is 1. The van der Waals surface area contributed by atoms with E-state index in [2.05, 4.69) is 16.9 Å². The Labute approximate surface area is 114 Å². The van der Waals surface area contributed by atoms with E-state index in [1.54, 1.807) is 10.7 Å². The summed E-state index contributed by atoms with van der Waals surface area (Å²) in [5.41, 5.74) is 6.82. The maximum atomic E-state index is 12.0. The molecule has 0 radical (unpaired) electrons. The van der Waals surface area contributed by atoms with Gasteiger partial charge in [-0.15, -0.1) is 0 Å². The molecule has 1 atom stereocenters. The van der Waals surface area contributed by atoms with Crippen molar-refractivity contribution in [2.75, 3.05) is 18.0 Å². The fourth-order valence-corrected chi connectivity index (χ4v) is 2.45. The first-order valence-corrected chi connectivity index (χ1v) is 7.28. The molecule has 5 heteroatoms. The van der Waals surface area contributed by atoms with Gasteiger partial charge in [0.2, 0.25) is 0 Å². The smallest absolute Gasteiger partial charge is 0.268 e. The lowest BCUT2D eigenvalue weighted by Gasteiger charge is -2.17. The van der Waals surface area contributed by atoms with Gasteiger partial charge in [-0.1, -0.05) is 6.92 Å². The summed E-state index contributed by atoms with van der Waals surface area (Å²) in [7, 11) is 0. The summed E-state index contributed by atoms with van der Waals surface area (Å²) in [5, 5.41) is 4.27. The van der Waals surface area contributed by atoms with Crippen molar-refractivity contribution in [2.24, 2.45) is 5.73 Å². The van der Waals surface area contributed by atoms with Crippen LogP contribution in [0.15, 0.2) is 17.1 Å². The summed E-state index contributed by atoms with van der Waals surface area (Å²) < 4.78 is 1.54. The molecular formula is C14H24N4O. The van der Waals surface area contributed by atoms with Crippen molar-refractivity contribution in [1.82, 2.24) is 9.78 Å². The third-order valence-corrected chi connectivity index (χ3v) is 3.80. The van der Waals surface area contributed by atoms with Crippen LogP contribution in [-0.4, -0.2) is 28.9 Å². The number of hydrogen-bond donors (Lipinski definition) is 1. The Balaban J connectivity index is 1.93. The van der Waals surface area contributed by atoms with Gasteiger partial charge >= 0.3 is 0 Å². The lowest BCUT2D eigenvalue weighted by Crippen LogP contribution is -2.27. The molecule has 0 aromatic carbocycles. The fourth-order valence-electron chi connectivity index (χ4n) is 2.45. The Morgan fingerprint density at radius 3 is 2.79 bits per heavy atom. The molecule has 2 N–H and O–H groups in total. The van der Waals surface area contributed by atoms with Crippen LogP contribution in [0.25, 0.3) is 0 Å². The Bertz CT molecular complexity index is 451. The predicted octanol–water partition coefficient (Wildman–Crippen LogP) is 1.36. The van der Waals surface area contributed by atoms with E-state index < -0.39 is 0 Å². The second-order valence-electron chi connectivity index (χ2n) is 5.28. The predicted molar refractivity (Wildman–Crippen MR) is 77.4 cm³/mol. The van der Waals surface area contributed by atoms with E-state index in [4.69, 9.17) is 5.73 Å². The normalized spacial score (nSPS) is 16.8. The highest BCUT2D eigenvalue weighted by atomic mass is 16.1. The van der Waals surface area contributed by atoms with Crippen molar-refractivity contribution < 1.29 is 0 Å². The number of hydrogen-bond acceptors (Lipinski definition) is 4. The van der Waals surface area contributed by atoms with Crippen LogP contribution in [0.5, 0.6) is 0 Å². The zero-order chi connectivity index (χ0) is 13.7. The molecule has 2 rings (SSSR count). The first-order chi connectivity index (χ1) is 9.20. The van der Waals surface area contributed by atoms with Crippen molar-refractivity contribution in [3.8, 4) is 0 Å². The van der Waals surface area contributed by atoms with Gasteiger partial charge in [-0.05, 0) is 32.1 Å². The van der Waals surface area contributed by atoms with Gasteiger partial charge in [-0.25, -0.2) is 4.68 Å². The Hall–Kier alpha value is -1.36. The monoisotopic (exact) mass is 264 g/mol. The molecule has 0 aliphatic carbocycles. The van der Waals surface area contributed by atoms with E-state index in [0.29, 0.717) is 6.54 Å². The number of aromatic nitrogens is 2. The quantitative estimate of drug-likeness (QED) is 0.842. The molecule has 19 heavy (non-hydrogen) atoms. The minimum atomic E-state index is -0.00512. The Morgan fingerprint density at radius 2 is 2.16 bits per heavy atom. The minimum Gasteiger partial charge on any atom is -0.370 e. The third kappa shape index (κ3) is 3.80. The zero-order valence-corrected chi connectivity index (χ0v) is 11.7. The maximum Gasteiger partial charge on any atom is 0.268 e. The molecule has 1 saturated heterocycles. The molecule has 1 aromatic rings. The summed E-state index contributed by atoms with van der Waals surface area (Å²) in [6.45, 7) is 4.82. The fraction of sp³-hybridized carbons (Fsp3) is 0.714. The Morgan fingerprint density at radius 1 is 1.42 bits per heavy atom. The maximum absolute atomic E-state index is 12.0. The van der Waals surface area contributed by atoms with Gasteiger partial charge in [0.05, 0.1) is 11.9 Å². The number of nitrogens with zero attached hydrogens (tertiary/aromatic N) is 3. The first kappa shape index (κ1) is 14.1. The summed E-state index contributed by atoms with van der Waals surface area (Å²) in [4.78, 5) is 14.2. The molecule has 1 aliphatic heterocycles. The van der Waals surface area contributed by atoms with Crippen molar-refractivity contribution >= 4 is 5.69 Å². The van der Waals surface area contributed by atoms with E-state index in [0.717, 1.165) is 38.0 Å². The van der Waals surface area contributed by atoms with Crippen LogP contribution in [0.4, 0.5) is 5.69 Å². The summed E-state index contributed by atoms with van der Waals surface area (Å²) in [6.07, 6.45) is 7.06. The van der Waals surface area contributed by atoms with E-state index in [1.165, 1.54) is 12.8 Å². The average molecular weight is 264 g/mol. The van der Waals surface area contributed by atoms with E-state index in [9.17, 15) is 4.79 Å². The molecule has 2 heterocycles. The van der Waals surface area contributed by atoms with Crippen LogP contribution in [0, 0.1) is 0 Å². The molecule has 5 nitrogen and oxygen atoms in total. The number of nitrogens with two attached hydrogens (primary N) is 1. The van der Waals surface area contributed by atoms with Gasteiger partial charge in [0.25, 0.3) is 5.56 Å². The molecule has 1 fully saturated rings. The van der Waals surface area contributed by atoms with Gasteiger partial charge < -0.3 is 10.6 Å². The third-order valence-electron chi connectivity index (χ3n) is 3.80. The van der Waals surface area contributed by atoms with Gasteiger partial charge in [0.15, 0.2) is 0 Å². The van der Waals surface area contributed by atoms with Gasteiger partial charge in [-0.2, -0.15) is 5.10 Å². The Kier molecular flexibility index (Phi) is 4.96. The molecule has 0 amide bonds. The number of aryl methyl sites for hydroxylation is 1. The van der Waals surface area contributed by atoms with Crippen LogP contribution in [-0.2, 0) is 6.54 Å². The van der Waals surface area contributed by atoms with Crippen molar-refractivity contribution in [1.29, 1.82) is 0 Å². The molecule has 1 unspecified atom stereocenters. The van der Waals surface area contributed by atoms with E-state index >= 15 is 0 Å². The lowest BCUT2D eigenvalue weighted by atomic mass is 10.1. The van der Waals surface area contributed by atoms with Gasteiger partial charge in [0, 0.05) is 31.7 Å². The molecular weight excluding hydrogens is 240 g/mol. The summed E-state index contributed by atoms with van der Waals surface area (Å²) >= 11 is 0. The SMILES string of the molecule is CCC(N)CCCn1ncc(N2CCCC2)cc1=O. The average Bonchev–Trinajstić information content (AvgIpc) is 2.94. The van der Waals surface area contributed by atoms with Crippen LogP contribution < -0.4 is 16.2 Å². The highest BCUT2D eigenvalue weighted by Gasteiger charge is 2.13. The second-order valence-corrected chi connectivity index (χ2v) is 5.28. The molecule has 106 valence electrons. The van der Waals surface area contributed by atoms with Crippen LogP contribution >= 0.6 is 0 Å². The molecule has 0 saturated carbocycles. The topological polar surface area (TPSA) is 64.2 Å². The summed E-state index contributed by atoms with van der Waals surface area (Å²) in [5.74, 6) is 0. The largest absolute Gasteiger partial charge is 0.370 e. The molecule has 0 bridgehead atoms. The van der Waals surface area contributed by atoms with Crippen molar-refractivity contribution in [3.63, 3.8) is 0 Å². The molecule has 1 aliphatic rings. The number of rotatable bonds is 6. The highest BCUT2D eigenvalue weighted by Crippen LogP contribution is 2.16. The second kappa shape index (κ2) is 6.70. The van der Waals surface area contributed by atoms with Crippen LogP contribution in [0.2, 0.25) is 0 Å². The summed E-state index contributed by atoms with van der Waals surface area (Å²) in [6, 6.07) is 1.94. The van der Waals surface area contributed by atoms with E-state index in [-0.39, 0.29) is 11.6 Å². The standard InChI is InChI=1S/C14H24N4O/c1-2-12(15)6-5-9-18-14(19)10-13(11-16-18)17-7-3-4-8-17/h10-12H,2-9,15H2,1H3.